The van der Waals surface area contributed by atoms with E-state index in [1.165, 1.54) is 0 Å². The van der Waals surface area contributed by atoms with E-state index in [9.17, 15) is 0 Å². The molecular weight excluding hydrogens is 318 g/mol. The van der Waals surface area contributed by atoms with Gasteiger partial charge in [0, 0.05) is 12.0 Å². The van der Waals surface area contributed by atoms with Crippen LogP contribution in [0.2, 0.25) is 0 Å². The summed E-state index contributed by atoms with van der Waals surface area (Å²) in [5, 5.41) is 4.10. The Morgan fingerprint density at radius 1 is 1.04 bits per heavy atom. The number of ether oxygens (including phenoxy) is 1. The van der Waals surface area contributed by atoms with Crippen molar-refractivity contribution in [2.75, 3.05) is 6.61 Å². The van der Waals surface area contributed by atoms with Crippen LogP contribution in [-0.4, -0.2) is 21.7 Å². The lowest BCUT2D eigenvalue weighted by molar-refractivity contribution is 0.339. The topological polar surface area (TPSA) is 74.2 Å². The maximum atomic E-state index is 5.63. The van der Waals surface area contributed by atoms with Crippen molar-refractivity contribution in [3.63, 3.8) is 0 Å². The fourth-order valence-corrected chi connectivity index (χ4v) is 2.64. The molecule has 0 bridgehead atoms. The Labute approximate surface area is 144 Å². The number of para-hydroxylation sites is 1. The van der Waals surface area contributed by atoms with E-state index in [0.717, 1.165) is 34.4 Å². The van der Waals surface area contributed by atoms with Crippen LogP contribution in [0.3, 0.4) is 0 Å². The standard InChI is InChI=1S/C19H17N3O3/c1-3-17-20-14-11-12(9-10-16(14)24-17)18-21-19(25-22-18)13-7-5-6-8-15(13)23-4-2/h5-11H,3-4H2,1-2H3. The summed E-state index contributed by atoms with van der Waals surface area (Å²) in [6, 6.07) is 13.3. The lowest BCUT2D eigenvalue weighted by atomic mass is 10.2. The van der Waals surface area contributed by atoms with Gasteiger partial charge in [0.15, 0.2) is 11.5 Å². The zero-order chi connectivity index (χ0) is 17.2. The third-order valence-electron chi connectivity index (χ3n) is 3.84. The fourth-order valence-electron chi connectivity index (χ4n) is 2.64. The lowest BCUT2D eigenvalue weighted by Crippen LogP contribution is -1.93. The van der Waals surface area contributed by atoms with Gasteiger partial charge >= 0.3 is 0 Å². The van der Waals surface area contributed by atoms with Crippen molar-refractivity contribution in [3.05, 3.63) is 48.4 Å². The van der Waals surface area contributed by atoms with Gasteiger partial charge < -0.3 is 13.7 Å². The first-order valence-corrected chi connectivity index (χ1v) is 8.24. The minimum absolute atomic E-state index is 0.425. The molecule has 6 heteroatoms. The molecular formula is C19H17N3O3. The van der Waals surface area contributed by atoms with Crippen LogP contribution in [-0.2, 0) is 6.42 Å². The number of rotatable bonds is 5. The Kier molecular flexibility index (Phi) is 3.93. The summed E-state index contributed by atoms with van der Waals surface area (Å²) in [5.74, 6) is 2.36. The van der Waals surface area contributed by atoms with Gasteiger partial charge in [0.2, 0.25) is 5.82 Å². The smallest absolute Gasteiger partial charge is 0.262 e. The summed E-state index contributed by atoms with van der Waals surface area (Å²) in [7, 11) is 0. The molecule has 0 unspecified atom stereocenters. The molecule has 0 saturated carbocycles. The SMILES string of the molecule is CCOc1ccccc1-c1nc(-c2ccc3oc(CC)nc3c2)no1. The summed E-state index contributed by atoms with van der Waals surface area (Å²) in [5.41, 5.74) is 3.15. The first-order chi connectivity index (χ1) is 12.3. The quantitative estimate of drug-likeness (QED) is 0.534. The Morgan fingerprint density at radius 2 is 1.92 bits per heavy atom. The Bertz CT molecular complexity index is 1020. The first-order valence-electron chi connectivity index (χ1n) is 8.24. The van der Waals surface area contributed by atoms with E-state index in [2.05, 4.69) is 15.1 Å². The molecule has 0 spiro atoms. The largest absolute Gasteiger partial charge is 0.493 e. The molecule has 2 aromatic heterocycles. The number of benzene rings is 2. The van der Waals surface area contributed by atoms with Crippen molar-refractivity contribution in [1.29, 1.82) is 0 Å². The number of aryl methyl sites for hydroxylation is 1. The zero-order valence-electron chi connectivity index (χ0n) is 14.0. The molecule has 0 aliphatic rings. The van der Waals surface area contributed by atoms with Crippen LogP contribution in [0.1, 0.15) is 19.7 Å². The second-order valence-corrected chi connectivity index (χ2v) is 5.50. The van der Waals surface area contributed by atoms with Gasteiger partial charge in [-0.1, -0.05) is 24.2 Å². The minimum atomic E-state index is 0.425. The maximum Gasteiger partial charge on any atom is 0.262 e. The van der Waals surface area contributed by atoms with Crippen molar-refractivity contribution < 1.29 is 13.7 Å². The monoisotopic (exact) mass is 335 g/mol. The third kappa shape index (κ3) is 2.87. The minimum Gasteiger partial charge on any atom is -0.493 e. The van der Waals surface area contributed by atoms with Gasteiger partial charge in [-0.2, -0.15) is 4.98 Å². The van der Waals surface area contributed by atoms with Crippen molar-refractivity contribution in [1.82, 2.24) is 15.1 Å². The average Bonchev–Trinajstić information content (AvgIpc) is 3.28. The molecule has 0 N–H and O–H groups in total. The van der Waals surface area contributed by atoms with Crippen LogP contribution in [0.25, 0.3) is 33.9 Å². The molecule has 25 heavy (non-hydrogen) atoms. The summed E-state index contributed by atoms with van der Waals surface area (Å²) in [6.07, 6.45) is 0.755. The van der Waals surface area contributed by atoms with Crippen LogP contribution in [0.15, 0.2) is 51.4 Å². The number of nitrogens with zero attached hydrogens (tertiary/aromatic N) is 3. The fraction of sp³-hybridized carbons (Fsp3) is 0.211. The molecule has 0 radical (unpaired) electrons. The highest BCUT2D eigenvalue weighted by atomic mass is 16.5. The number of aromatic nitrogens is 3. The van der Waals surface area contributed by atoms with E-state index < -0.39 is 0 Å². The van der Waals surface area contributed by atoms with Gasteiger partial charge in [0.1, 0.15) is 11.3 Å². The summed E-state index contributed by atoms with van der Waals surface area (Å²) in [4.78, 5) is 8.96. The first kappa shape index (κ1) is 15.4. The van der Waals surface area contributed by atoms with Crippen molar-refractivity contribution in [2.24, 2.45) is 0 Å². The Morgan fingerprint density at radius 3 is 2.76 bits per heavy atom. The van der Waals surface area contributed by atoms with Gasteiger partial charge in [-0.3, -0.25) is 0 Å². The zero-order valence-corrected chi connectivity index (χ0v) is 14.0. The van der Waals surface area contributed by atoms with Crippen molar-refractivity contribution in [2.45, 2.75) is 20.3 Å². The van der Waals surface area contributed by atoms with Crippen molar-refractivity contribution in [3.8, 4) is 28.6 Å². The van der Waals surface area contributed by atoms with Gasteiger partial charge in [-0.25, -0.2) is 4.98 Å². The summed E-state index contributed by atoms with van der Waals surface area (Å²) < 4.78 is 16.7. The van der Waals surface area contributed by atoms with Crippen molar-refractivity contribution >= 4 is 11.1 Å². The van der Waals surface area contributed by atoms with E-state index in [-0.39, 0.29) is 0 Å². The Balaban J connectivity index is 1.72. The molecule has 4 rings (SSSR count). The third-order valence-corrected chi connectivity index (χ3v) is 3.84. The van der Waals surface area contributed by atoms with Gasteiger partial charge in [-0.05, 0) is 37.3 Å². The molecule has 0 aliphatic carbocycles. The number of hydrogen-bond donors (Lipinski definition) is 0. The average molecular weight is 335 g/mol. The lowest BCUT2D eigenvalue weighted by Gasteiger charge is -2.05. The van der Waals surface area contributed by atoms with Crippen LogP contribution in [0.5, 0.6) is 5.75 Å². The maximum absolute atomic E-state index is 5.63. The van der Waals surface area contributed by atoms with Crippen LogP contribution >= 0.6 is 0 Å². The van der Waals surface area contributed by atoms with E-state index in [0.29, 0.717) is 24.2 Å². The van der Waals surface area contributed by atoms with E-state index in [4.69, 9.17) is 13.7 Å². The molecule has 0 amide bonds. The molecule has 0 saturated heterocycles. The molecule has 0 atom stereocenters. The van der Waals surface area contributed by atoms with Gasteiger partial charge in [-0.15, -0.1) is 0 Å². The van der Waals surface area contributed by atoms with Gasteiger partial charge in [0.05, 0.1) is 12.2 Å². The number of oxazole rings is 1. The van der Waals surface area contributed by atoms with Crippen LogP contribution in [0.4, 0.5) is 0 Å². The molecule has 4 aromatic rings. The van der Waals surface area contributed by atoms with E-state index >= 15 is 0 Å². The highest BCUT2D eigenvalue weighted by Gasteiger charge is 2.15. The molecule has 126 valence electrons. The van der Waals surface area contributed by atoms with Crippen LogP contribution < -0.4 is 4.74 Å². The molecule has 0 aliphatic heterocycles. The molecule has 2 aromatic carbocycles. The molecule has 2 heterocycles. The number of fused-ring (bicyclic) bond motifs is 1. The summed E-state index contributed by atoms with van der Waals surface area (Å²) in [6.45, 7) is 4.52. The van der Waals surface area contributed by atoms with E-state index in [1.807, 2.05) is 56.3 Å². The molecule has 6 nitrogen and oxygen atoms in total. The second kappa shape index (κ2) is 6.39. The highest BCUT2D eigenvalue weighted by Crippen LogP contribution is 2.31. The second-order valence-electron chi connectivity index (χ2n) is 5.50. The van der Waals surface area contributed by atoms with Crippen LogP contribution in [0, 0.1) is 0 Å². The normalized spacial score (nSPS) is 11.1. The Hall–Kier alpha value is -3.15. The predicted molar refractivity (Wildman–Crippen MR) is 93.3 cm³/mol. The highest BCUT2D eigenvalue weighted by molar-refractivity contribution is 5.79. The van der Waals surface area contributed by atoms with Gasteiger partial charge in [0.25, 0.3) is 5.89 Å². The predicted octanol–water partition coefficient (Wildman–Crippen LogP) is 4.51. The number of hydrogen-bond acceptors (Lipinski definition) is 6. The summed E-state index contributed by atoms with van der Waals surface area (Å²) >= 11 is 0. The van der Waals surface area contributed by atoms with E-state index in [1.54, 1.807) is 0 Å². The molecule has 0 fully saturated rings.